The predicted octanol–water partition coefficient (Wildman–Crippen LogP) is 4.10. The van der Waals surface area contributed by atoms with E-state index in [0.717, 1.165) is 27.6 Å². The molecule has 0 atom stereocenters. The number of benzene rings is 1. The monoisotopic (exact) mass is 351 g/mol. The summed E-state index contributed by atoms with van der Waals surface area (Å²) in [5, 5.41) is 3.51. The number of imidazole rings is 1. The minimum absolute atomic E-state index is 0.331. The van der Waals surface area contributed by atoms with Gasteiger partial charge in [-0.3, -0.25) is 0 Å². The van der Waals surface area contributed by atoms with E-state index < -0.39 is 0 Å². The van der Waals surface area contributed by atoms with Crippen LogP contribution in [0.4, 0.5) is 4.39 Å². The molecule has 0 saturated heterocycles. The number of halogens is 1. The Bertz CT molecular complexity index is 1080. The lowest BCUT2D eigenvalue weighted by molar-refractivity contribution is 0.636. The van der Waals surface area contributed by atoms with E-state index in [-0.39, 0.29) is 5.82 Å². The zero-order chi connectivity index (χ0) is 17.4. The van der Waals surface area contributed by atoms with Crippen molar-refractivity contribution in [3.8, 4) is 10.7 Å². The van der Waals surface area contributed by atoms with Gasteiger partial charge >= 0.3 is 0 Å². The second kappa shape index (κ2) is 6.18. The molecule has 0 aliphatic carbocycles. The summed E-state index contributed by atoms with van der Waals surface area (Å²) >= 11 is 1.54. The van der Waals surface area contributed by atoms with Gasteiger partial charge in [-0.1, -0.05) is 12.1 Å². The fourth-order valence-corrected chi connectivity index (χ4v) is 3.20. The van der Waals surface area contributed by atoms with Gasteiger partial charge in [0.1, 0.15) is 27.9 Å². The average molecular weight is 351 g/mol. The maximum Gasteiger partial charge on any atom is 0.153 e. The molecule has 0 spiro atoms. The summed E-state index contributed by atoms with van der Waals surface area (Å²) in [6.45, 7) is 1.85. The molecule has 0 aliphatic heterocycles. The van der Waals surface area contributed by atoms with Gasteiger partial charge in [-0.2, -0.15) is 0 Å². The summed E-state index contributed by atoms with van der Waals surface area (Å²) in [6.07, 6.45) is 7.24. The number of fused-ring (bicyclic) bond motifs is 1. The molecule has 3 heterocycles. The Morgan fingerprint density at radius 1 is 1.16 bits per heavy atom. The summed E-state index contributed by atoms with van der Waals surface area (Å²) in [7, 11) is 1.91. The van der Waals surface area contributed by atoms with E-state index in [1.807, 2.05) is 42.3 Å². The van der Waals surface area contributed by atoms with Crippen LogP contribution in [-0.2, 0) is 7.05 Å². The van der Waals surface area contributed by atoms with Gasteiger partial charge in [0.15, 0.2) is 5.82 Å². The summed E-state index contributed by atoms with van der Waals surface area (Å²) < 4.78 is 15.9. The van der Waals surface area contributed by atoms with Gasteiger partial charge in [-0.25, -0.2) is 24.3 Å². The average Bonchev–Trinajstić information content (AvgIpc) is 3.24. The highest BCUT2D eigenvalue weighted by atomic mass is 32.1. The quantitative estimate of drug-likeness (QED) is 0.557. The van der Waals surface area contributed by atoms with E-state index in [4.69, 9.17) is 0 Å². The topological polar surface area (TPSA) is 56.5 Å². The van der Waals surface area contributed by atoms with Crippen LogP contribution in [0.5, 0.6) is 0 Å². The lowest BCUT2D eigenvalue weighted by atomic mass is 10.2. The van der Waals surface area contributed by atoms with Crippen molar-refractivity contribution < 1.29 is 4.39 Å². The van der Waals surface area contributed by atoms with Gasteiger partial charge in [0.25, 0.3) is 0 Å². The predicted molar refractivity (Wildman–Crippen MR) is 97.5 cm³/mol. The normalized spacial score (nSPS) is 11.6. The molecular weight excluding hydrogens is 337 g/mol. The van der Waals surface area contributed by atoms with Gasteiger partial charge in [-0.15, -0.1) is 11.3 Å². The van der Waals surface area contributed by atoms with Gasteiger partial charge in [0.2, 0.25) is 0 Å². The molecule has 0 amide bonds. The van der Waals surface area contributed by atoms with Crippen molar-refractivity contribution in [3.05, 3.63) is 59.1 Å². The van der Waals surface area contributed by atoms with Crippen LogP contribution in [0, 0.1) is 12.7 Å². The molecule has 3 aromatic heterocycles. The lowest BCUT2D eigenvalue weighted by Gasteiger charge is -2.03. The molecule has 4 aromatic rings. The molecule has 7 heteroatoms. The number of aromatic nitrogens is 5. The molecule has 0 aliphatic rings. The van der Waals surface area contributed by atoms with Crippen LogP contribution in [0.1, 0.15) is 17.3 Å². The van der Waals surface area contributed by atoms with E-state index >= 15 is 0 Å². The van der Waals surface area contributed by atoms with Crippen LogP contribution in [0.15, 0.2) is 36.0 Å². The first-order valence-electron chi connectivity index (χ1n) is 7.66. The third-order valence-corrected chi connectivity index (χ3v) is 4.63. The van der Waals surface area contributed by atoms with Gasteiger partial charge < -0.3 is 4.57 Å². The number of rotatable bonds is 3. The smallest absolute Gasteiger partial charge is 0.153 e. The maximum absolute atomic E-state index is 14.0. The van der Waals surface area contributed by atoms with Crippen molar-refractivity contribution in [2.24, 2.45) is 7.05 Å². The van der Waals surface area contributed by atoms with Crippen molar-refractivity contribution in [2.75, 3.05) is 0 Å². The molecule has 1 aromatic carbocycles. The van der Waals surface area contributed by atoms with Crippen molar-refractivity contribution in [3.63, 3.8) is 0 Å². The molecule has 0 unspecified atom stereocenters. The van der Waals surface area contributed by atoms with Gasteiger partial charge in [0, 0.05) is 35.9 Å². The molecule has 0 saturated carbocycles. The Hall–Kier alpha value is -2.93. The number of aryl methyl sites for hydroxylation is 2. The van der Waals surface area contributed by atoms with Crippen molar-refractivity contribution in [1.82, 2.24) is 24.5 Å². The molecular formula is C18H14FN5S. The van der Waals surface area contributed by atoms with Crippen LogP contribution >= 0.6 is 11.3 Å². The zero-order valence-electron chi connectivity index (χ0n) is 13.6. The minimum Gasteiger partial charge on any atom is -0.334 e. The highest BCUT2D eigenvalue weighted by Crippen LogP contribution is 2.22. The third-order valence-electron chi connectivity index (χ3n) is 3.83. The van der Waals surface area contributed by atoms with Crippen molar-refractivity contribution in [1.29, 1.82) is 0 Å². The SMILES string of the molecule is Cc1nc(/C=C/c2nc(-c3nccs3)cn2C)nc2c(F)cccc12. The zero-order valence-corrected chi connectivity index (χ0v) is 14.5. The number of hydrogen-bond donors (Lipinski definition) is 0. The molecule has 124 valence electrons. The Kier molecular flexibility index (Phi) is 3.85. The molecule has 0 bridgehead atoms. The number of nitrogens with zero attached hydrogens (tertiary/aromatic N) is 5. The fraction of sp³-hybridized carbons (Fsp3) is 0.111. The second-order valence-corrected chi connectivity index (χ2v) is 6.46. The van der Waals surface area contributed by atoms with Crippen molar-refractivity contribution >= 4 is 34.4 Å². The minimum atomic E-state index is -0.347. The molecule has 0 fully saturated rings. The van der Waals surface area contributed by atoms with Crippen molar-refractivity contribution in [2.45, 2.75) is 6.92 Å². The standard InChI is InChI=1S/C18H14FN5S/c1-11-12-4-3-5-13(19)17(12)23-15(21-11)6-7-16-22-14(10-24(16)2)18-20-8-9-25-18/h3-10H,1-2H3/b7-6+. The Morgan fingerprint density at radius 2 is 2.04 bits per heavy atom. The molecule has 0 radical (unpaired) electrons. The summed E-state index contributed by atoms with van der Waals surface area (Å²) in [4.78, 5) is 17.6. The maximum atomic E-state index is 14.0. The highest BCUT2D eigenvalue weighted by Gasteiger charge is 2.09. The number of para-hydroxylation sites is 1. The summed E-state index contributed by atoms with van der Waals surface area (Å²) in [5.41, 5.74) is 1.89. The molecule has 5 nitrogen and oxygen atoms in total. The molecule has 25 heavy (non-hydrogen) atoms. The molecule has 4 rings (SSSR count). The number of hydrogen-bond acceptors (Lipinski definition) is 5. The van der Waals surface area contributed by atoms with Crippen LogP contribution in [0.25, 0.3) is 33.8 Å². The second-order valence-electron chi connectivity index (χ2n) is 5.57. The van der Waals surface area contributed by atoms with Crippen LogP contribution < -0.4 is 0 Å². The first-order chi connectivity index (χ1) is 12.1. The van der Waals surface area contributed by atoms with E-state index in [1.54, 1.807) is 29.7 Å². The van der Waals surface area contributed by atoms with E-state index in [9.17, 15) is 4.39 Å². The Labute approximate surface area is 147 Å². The summed E-state index contributed by atoms with van der Waals surface area (Å²) in [5.74, 6) is 0.856. The largest absolute Gasteiger partial charge is 0.334 e. The van der Waals surface area contributed by atoms with Gasteiger partial charge in [0.05, 0.1) is 0 Å². The first kappa shape index (κ1) is 15.6. The number of thiazole rings is 1. The summed E-state index contributed by atoms with van der Waals surface area (Å²) in [6, 6.07) is 4.89. The highest BCUT2D eigenvalue weighted by molar-refractivity contribution is 7.13. The third kappa shape index (κ3) is 2.94. The molecule has 0 N–H and O–H groups in total. The fourth-order valence-electron chi connectivity index (χ4n) is 2.60. The van der Waals surface area contributed by atoms with Crippen LogP contribution in [-0.4, -0.2) is 24.5 Å². The van der Waals surface area contributed by atoms with Gasteiger partial charge in [-0.05, 0) is 25.1 Å². The van der Waals surface area contributed by atoms with E-state index in [0.29, 0.717) is 11.3 Å². The Balaban J connectivity index is 1.71. The van der Waals surface area contributed by atoms with Crippen LogP contribution in [0.2, 0.25) is 0 Å². The van der Waals surface area contributed by atoms with E-state index in [2.05, 4.69) is 19.9 Å². The first-order valence-corrected chi connectivity index (χ1v) is 8.54. The van der Waals surface area contributed by atoms with Crippen LogP contribution in [0.3, 0.4) is 0 Å². The van der Waals surface area contributed by atoms with E-state index in [1.165, 1.54) is 6.07 Å². The lowest BCUT2D eigenvalue weighted by Crippen LogP contribution is -1.96. The Morgan fingerprint density at radius 3 is 2.84 bits per heavy atom.